The first kappa shape index (κ1) is 19.0. The summed E-state index contributed by atoms with van der Waals surface area (Å²) in [5, 5.41) is 2.92. The Kier molecular flexibility index (Phi) is 6.42. The lowest BCUT2D eigenvalue weighted by molar-refractivity contribution is 0.102. The fraction of sp³-hybridized carbons (Fsp3) is 0.294. The summed E-state index contributed by atoms with van der Waals surface area (Å²) in [5.41, 5.74) is 3.64. The van der Waals surface area contributed by atoms with Crippen LogP contribution < -0.4 is 10.1 Å². The normalized spacial score (nSPS) is 13.6. The predicted molar refractivity (Wildman–Crippen MR) is 105 cm³/mol. The third kappa shape index (κ3) is 4.17. The molecule has 3 rings (SSSR count). The highest BCUT2D eigenvalue weighted by molar-refractivity contribution is 14.1. The summed E-state index contributed by atoms with van der Waals surface area (Å²) in [5.74, 6) is 0.622. The maximum absolute atomic E-state index is 12.4. The van der Waals surface area contributed by atoms with Crippen LogP contribution in [0.3, 0.4) is 0 Å². The molecule has 1 aromatic heterocycles. The van der Waals surface area contributed by atoms with Crippen LogP contribution in [0.15, 0.2) is 30.5 Å². The molecule has 0 aliphatic carbocycles. The van der Waals surface area contributed by atoms with E-state index in [2.05, 4.69) is 44.8 Å². The van der Waals surface area contributed by atoms with Gasteiger partial charge in [0.25, 0.3) is 5.91 Å². The molecule has 7 heteroatoms. The number of pyridine rings is 1. The topological polar surface area (TPSA) is 54.5 Å². The number of likely N-dealkylation sites (N-methyl/N-ethyl adjacent to an activating group) is 1. The zero-order valence-electron chi connectivity index (χ0n) is 13.5. The Morgan fingerprint density at radius 2 is 2.17 bits per heavy atom. The summed E-state index contributed by atoms with van der Waals surface area (Å²) in [6, 6.07) is 7.39. The molecule has 1 aliphatic heterocycles. The van der Waals surface area contributed by atoms with Crippen LogP contribution in [0.25, 0.3) is 0 Å². The number of hydrogen-bond acceptors (Lipinski definition) is 4. The summed E-state index contributed by atoms with van der Waals surface area (Å²) in [7, 11) is 3.71. The van der Waals surface area contributed by atoms with Gasteiger partial charge in [-0.05, 0) is 59.5 Å². The summed E-state index contributed by atoms with van der Waals surface area (Å²) in [6.45, 7) is 1.89. The van der Waals surface area contributed by atoms with E-state index in [1.54, 1.807) is 25.4 Å². The average Bonchev–Trinajstić information content (AvgIpc) is 2.54. The first-order chi connectivity index (χ1) is 11.1. The van der Waals surface area contributed by atoms with Crippen molar-refractivity contribution in [1.29, 1.82) is 0 Å². The van der Waals surface area contributed by atoms with Crippen molar-refractivity contribution in [2.24, 2.45) is 0 Å². The number of carbonyl (C=O) groups is 1. The molecule has 1 amide bonds. The van der Waals surface area contributed by atoms with Crippen molar-refractivity contribution >= 4 is 46.6 Å². The molecule has 0 fully saturated rings. The smallest absolute Gasteiger partial charge is 0.255 e. The molecule has 1 aliphatic rings. The summed E-state index contributed by atoms with van der Waals surface area (Å²) >= 11 is 2.16. The lowest BCUT2D eigenvalue weighted by Crippen LogP contribution is -2.27. The van der Waals surface area contributed by atoms with Gasteiger partial charge in [0.2, 0.25) is 0 Å². The number of hydrogen-bond donors (Lipinski definition) is 1. The Balaban J connectivity index is 0.00000208. The zero-order chi connectivity index (χ0) is 16.4. The zero-order valence-corrected chi connectivity index (χ0v) is 16.5. The number of benzene rings is 1. The van der Waals surface area contributed by atoms with Crippen molar-refractivity contribution in [2.45, 2.75) is 13.0 Å². The van der Waals surface area contributed by atoms with Crippen LogP contribution in [0, 0.1) is 3.57 Å². The number of rotatable bonds is 3. The minimum Gasteiger partial charge on any atom is -0.496 e. The van der Waals surface area contributed by atoms with Crippen LogP contribution in [0.2, 0.25) is 0 Å². The molecular formula is C17H19ClIN3O2. The number of halogens is 2. The molecule has 24 heavy (non-hydrogen) atoms. The van der Waals surface area contributed by atoms with E-state index < -0.39 is 0 Å². The van der Waals surface area contributed by atoms with E-state index in [0.717, 1.165) is 40.2 Å². The lowest BCUT2D eigenvalue weighted by Gasteiger charge is -2.24. The fourth-order valence-corrected chi connectivity index (χ4v) is 3.38. The summed E-state index contributed by atoms with van der Waals surface area (Å²) < 4.78 is 6.12. The van der Waals surface area contributed by atoms with Gasteiger partial charge >= 0.3 is 0 Å². The number of nitrogens with one attached hydrogen (secondary N) is 1. The van der Waals surface area contributed by atoms with Gasteiger partial charge in [0.15, 0.2) is 0 Å². The number of nitrogens with zero attached hydrogens (tertiary/aromatic N) is 2. The van der Waals surface area contributed by atoms with Crippen LogP contribution in [-0.2, 0) is 13.0 Å². The second-order valence-corrected chi connectivity index (χ2v) is 6.78. The molecule has 2 heterocycles. The first-order valence-corrected chi connectivity index (χ1v) is 8.46. The molecule has 1 aromatic carbocycles. The van der Waals surface area contributed by atoms with Crippen molar-refractivity contribution < 1.29 is 9.53 Å². The second kappa shape index (κ2) is 8.13. The second-order valence-electron chi connectivity index (χ2n) is 5.62. The van der Waals surface area contributed by atoms with Gasteiger partial charge in [-0.1, -0.05) is 0 Å². The molecule has 5 nitrogen and oxygen atoms in total. The van der Waals surface area contributed by atoms with Gasteiger partial charge in [0, 0.05) is 30.8 Å². The highest BCUT2D eigenvalue weighted by Gasteiger charge is 2.16. The minimum atomic E-state index is -0.142. The van der Waals surface area contributed by atoms with Gasteiger partial charge in [-0.3, -0.25) is 9.78 Å². The Hall–Kier alpha value is -1.38. The van der Waals surface area contributed by atoms with Crippen molar-refractivity contribution in [1.82, 2.24) is 9.88 Å². The van der Waals surface area contributed by atoms with Crippen molar-refractivity contribution in [3.05, 3.63) is 50.9 Å². The average molecular weight is 460 g/mol. The number of methoxy groups -OCH3 is 1. The highest BCUT2D eigenvalue weighted by atomic mass is 127. The van der Waals surface area contributed by atoms with Gasteiger partial charge in [0.05, 0.1) is 22.6 Å². The number of ether oxygens (including phenoxy) is 1. The summed E-state index contributed by atoms with van der Waals surface area (Å²) in [4.78, 5) is 19.1. The number of carbonyl (C=O) groups excluding carboxylic acids is 1. The lowest BCUT2D eigenvalue weighted by atomic mass is 10.1. The molecule has 0 saturated carbocycles. The molecule has 0 atom stereocenters. The number of anilines is 1. The third-order valence-electron chi connectivity index (χ3n) is 3.90. The van der Waals surface area contributed by atoms with E-state index in [4.69, 9.17) is 4.74 Å². The largest absolute Gasteiger partial charge is 0.496 e. The standard InChI is InChI=1S/C17H18IN3O2.ClH/c1-21-6-5-15-12(10-21)7-13(9-19-15)20-17(22)11-3-4-16(23-2)14(18)8-11;/h3-4,7-9H,5-6,10H2,1-2H3,(H,20,22);1H. The van der Waals surface area contributed by atoms with E-state index >= 15 is 0 Å². The summed E-state index contributed by atoms with van der Waals surface area (Å²) in [6.07, 6.45) is 2.69. The molecule has 1 N–H and O–H groups in total. The first-order valence-electron chi connectivity index (χ1n) is 7.38. The van der Waals surface area contributed by atoms with E-state index in [1.165, 1.54) is 5.56 Å². The molecule has 2 aromatic rings. The van der Waals surface area contributed by atoms with E-state index in [1.807, 2.05) is 12.1 Å². The molecule has 128 valence electrons. The Morgan fingerprint density at radius 3 is 2.88 bits per heavy atom. The molecule has 0 spiro atoms. The van der Waals surface area contributed by atoms with Gasteiger partial charge < -0.3 is 15.0 Å². The molecule has 0 bridgehead atoms. The van der Waals surface area contributed by atoms with Gasteiger partial charge in [-0.25, -0.2) is 0 Å². The number of aromatic nitrogens is 1. The van der Waals surface area contributed by atoms with E-state index in [-0.39, 0.29) is 18.3 Å². The Labute approximate surface area is 161 Å². The third-order valence-corrected chi connectivity index (χ3v) is 4.75. The Bertz CT molecular complexity index is 755. The highest BCUT2D eigenvalue weighted by Crippen LogP contribution is 2.23. The van der Waals surface area contributed by atoms with Crippen LogP contribution >= 0.6 is 35.0 Å². The van der Waals surface area contributed by atoms with Crippen LogP contribution in [0.1, 0.15) is 21.6 Å². The maximum Gasteiger partial charge on any atom is 0.255 e. The minimum absolute atomic E-state index is 0. The van der Waals surface area contributed by atoms with Crippen LogP contribution in [0.5, 0.6) is 5.75 Å². The van der Waals surface area contributed by atoms with Crippen molar-refractivity contribution in [2.75, 3.05) is 26.0 Å². The van der Waals surface area contributed by atoms with Crippen molar-refractivity contribution in [3.8, 4) is 5.75 Å². The van der Waals surface area contributed by atoms with E-state index in [9.17, 15) is 4.79 Å². The van der Waals surface area contributed by atoms with Crippen molar-refractivity contribution in [3.63, 3.8) is 0 Å². The molecule has 0 unspecified atom stereocenters. The maximum atomic E-state index is 12.4. The predicted octanol–water partition coefficient (Wildman–Crippen LogP) is 3.36. The molecule has 0 radical (unpaired) electrons. The quantitative estimate of drug-likeness (QED) is 0.715. The van der Waals surface area contributed by atoms with Crippen LogP contribution in [-0.4, -0.2) is 36.5 Å². The van der Waals surface area contributed by atoms with E-state index in [0.29, 0.717) is 5.56 Å². The van der Waals surface area contributed by atoms with Gasteiger partial charge in [0.1, 0.15) is 5.75 Å². The van der Waals surface area contributed by atoms with Gasteiger partial charge in [-0.15, -0.1) is 12.4 Å². The SMILES string of the molecule is COc1ccc(C(=O)Nc2cnc3c(c2)CN(C)CC3)cc1I.Cl. The Morgan fingerprint density at radius 1 is 1.38 bits per heavy atom. The number of amides is 1. The number of fused-ring (bicyclic) bond motifs is 1. The van der Waals surface area contributed by atoms with Crippen LogP contribution in [0.4, 0.5) is 5.69 Å². The fourth-order valence-electron chi connectivity index (χ4n) is 2.65. The molecule has 0 saturated heterocycles. The monoisotopic (exact) mass is 459 g/mol. The molecular weight excluding hydrogens is 441 g/mol. The van der Waals surface area contributed by atoms with Gasteiger partial charge in [-0.2, -0.15) is 0 Å².